The Hall–Kier alpha value is -2.37. The summed E-state index contributed by atoms with van der Waals surface area (Å²) in [7, 11) is 0. The number of para-hydroxylation sites is 1. The number of carbonyl (C=O) groups excluding carboxylic acids is 2. The molecule has 2 amide bonds. The molecule has 0 radical (unpaired) electrons. The highest BCUT2D eigenvalue weighted by atomic mass is 16.5. The summed E-state index contributed by atoms with van der Waals surface area (Å²) in [5.41, 5.74) is 4.32. The lowest BCUT2D eigenvalue weighted by Crippen LogP contribution is -2.46. The number of rotatable bonds is 4. The van der Waals surface area contributed by atoms with Gasteiger partial charge in [0.2, 0.25) is 11.8 Å². The minimum absolute atomic E-state index is 0.00597. The third-order valence-corrected chi connectivity index (χ3v) is 5.92. The van der Waals surface area contributed by atoms with E-state index in [1.165, 1.54) is 19.3 Å². The number of benzene rings is 1. The fourth-order valence-electron chi connectivity index (χ4n) is 4.47. The molecule has 1 saturated carbocycles. The Labute approximate surface area is 159 Å². The quantitative estimate of drug-likeness (QED) is 0.854. The van der Waals surface area contributed by atoms with Gasteiger partial charge < -0.3 is 10.1 Å². The van der Waals surface area contributed by atoms with Gasteiger partial charge in [0.05, 0.1) is 6.04 Å². The molecule has 1 aliphatic carbocycles. The maximum absolute atomic E-state index is 12.6. The molecule has 4 rings (SSSR count). The molecule has 2 aliphatic heterocycles. The molecule has 6 nitrogen and oxygen atoms in total. The Morgan fingerprint density at radius 1 is 1.22 bits per heavy atom. The molecule has 27 heavy (non-hydrogen) atoms. The Morgan fingerprint density at radius 2 is 2.04 bits per heavy atom. The summed E-state index contributed by atoms with van der Waals surface area (Å²) in [6.45, 7) is 0. The first-order chi connectivity index (χ1) is 13.1. The van der Waals surface area contributed by atoms with Gasteiger partial charge in [-0.3, -0.25) is 9.59 Å². The van der Waals surface area contributed by atoms with Gasteiger partial charge in [-0.2, -0.15) is 5.10 Å². The van der Waals surface area contributed by atoms with Crippen LogP contribution in [0.3, 0.4) is 0 Å². The van der Waals surface area contributed by atoms with Gasteiger partial charge in [0.15, 0.2) is 0 Å². The zero-order valence-electron chi connectivity index (χ0n) is 15.6. The standard InChI is InChI=1S/C21H27N3O3/c25-19(10-8-15-9-11-20(26)24-23-15)22-17-14-21(12-4-1-5-13-21)27-18-7-3-2-6-16(17)18/h2-3,6-7,17H,1,4-5,8-14H2,(H,22,25)(H,24,26). The average molecular weight is 369 g/mol. The van der Waals surface area contributed by atoms with Crippen LogP contribution in [0.25, 0.3) is 0 Å². The van der Waals surface area contributed by atoms with Gasteiger partial charge in [-0.25, -0.2) is 5.43 Å². The van der Waals surface area contributed by atoms with Gasteiger partial charge in [-0.1, -0.05) is 24.6 Å². The third-order valence-electron chi connectivity index (χ3n) is 5.92. The van der Waals surface area contributed by atoms with Crippen molar-refractivity contribution < 1.29 is 14.3 Å². The minimum Gasteiger partial charge on any atom is -0.487 e. The van der Waals surface area contributed by atoms with E-state index in [9.17, 15) is 9.59 Å². The molecule has 144 valence electrons. The maximum atomic E-state index is 12.6. The van der Waals surface area contributed by atoms with E-state index in [4.69, 9.17) is 4.74 Å². The number of fused-ring (bicyclic) bond motifs is 1. The van der Waals surface area contributed by atoms with Crippen LogP contribution in [-0.2, 0) is 9.59 Å². The zero-order valence-corrected chi connectivity index (χ0v) is 15.6. The second-order valence-electron chi connectivity index (χ2n) is 7.92. The van der Waals surface area contributed by atoms with E-state index >= 15 is 0 Å². The Kier molecular flexibility index (Phi) is 5.14. The van der Waals surface area contributed by atoms with Crippen molar-refractivity contribution in [1.82, 2.24) is 10.7 Å². The monoisotopic (exact) mass is 369 g/mol. The SMILES string of the molecule is O=C1CCC(CCC(=O)NC2CC3(CCCCC3)Oc3ccccc32)=NN1. The Bertz CT molecular complexity index is 753. The van der Waals surface area contributed by atoms with Crippen molar-refractivity contribution in [3.8, 4) is 5.75 Å². The third kappa shape index (κ3) is 4.15. The molecule has 1 aromatic carbocycles. The second-order valence-corrected chi connectivity index (χ2v) is 7.92. The highest BCUT2D eigenvalue weighted by Crippen LogP contribution is 2.46. The van der Waals surface area contributed by atoms with Gasteiger partial charge in [0, 0.05) is 30.5 Å². The minimum atomic E-state index is -0.137. The van der Waals surface area contributed by atoms with E-state index in [1.807, 2.05) is 18.2 Å². The predicted octanol–water partition coefficient (Wildman–Crippen LogP) is 3.38. The van der Waals surface area contributed by atoms with Crippen molar-refractivity contribution in [3.05, 3.63) is 29.8 Å². The Morgan fingerprint density at radius 3 is 2.81 bits per heavy atom. The summed E-state index contributed by atoms with van der Waals surface area (Å²) in [4.78, 5) is 23.8. The van der Waals surface area contributed by atoms with Crippen LogP contribution < -0.4 is 15.5 Å². The maximum Gasteiger partial charge on any atom is 0.240 e. The lowest BCUT2D eigenvalue weighted by Gasteiger charge is -2.44. The number of hydrogen-bond acceptors (Lipinski definition) is 4. The molecule has 1 atom stereocenters. The number of amides is 2. The largest absolute Gasteiger partial charge is 0.487 e. The second kappa shape index (κ2) is 7.71. The van der Waals surface area contributed by atoms with Gasteiger partial charge in [0.25, 0.3) is 0 Å². The fourth-order valence-corrected chi connectivity index (χ4v) is 4.47. The van der Waals surface area contributed by atoms with Crippen LogP contribution in [0.1, 0.15) is 75.8 Å². The smallest absolute Gasteiger partial charge is 0.240 e. The van der Waals surface area contributed by atoms with Gasteiger partial charge >= 0.3 is 0 Å². The normalized spacial score (nSPS) is 23.6. The molecule has 0 bridgehead atoms. The van der Waals surface area contributed by atoms with Gasteiger partial charge in [0.1, 0.15) is 11.4 Å². The van der Waals surface area contributed by atoms with Crippen LogP contribution in [0.5, 0.6) is 5.75 Å². The van der Waals surface area contributed by atoms with E-state index in [-0.39, 0.29) is 23.5 Å². The Balaban J connectivity index is 1.42. The van der Waals surface area contributed by atoms with Crippen LogP contribution in [0.15, 0.2) is 29.4 Å². The number of ether oxygens (including phenoxy) is 1. The van der Waals surface area contributed by atoms with E-state index in [0.717, 1.165) is 36.3 Å². The fraction of sp³-hybridized carbons (Fsp3) is 0.571. The molecule has 2 heterocycles. The predicted molar refractivity (Wildman–Crippen MR) is 102 cm³/mol. The van der Waals surface area contributed by atoms with E-state index in [1.54, 1.807) is 0 Å². The van der Waals surface area contributed by atoms with Gasteiger partial charge in [-0.15, -0.1) is 0 Å². The first kappa shape index (κ1) is 18.0. The molecule has 1 fully saturated rings. The van der Waals surface area contributed by atoms with Crippen LogP contribution in [0.4, 0.5) is 0 Å². The molecule has 0 aromatic heterocycles. The van der Waals surface area contributed by atoms with E-state index < -0.39 is 0 Å². The summed E-state index contributed by atoms with van der Waals surface area (Å²) in [6.07, 6.45) is 8.67. The van der Waals surface area contributed by atoms with Crippen molar-refractivity contribution in [2.75, 3.05) is 0 Å². The zero-order chi connectivity index (χ0) is 18.7. The molecule has 1 aromatic rings. The highest BCUT2D eigenvalue weighted by Gasteiger charge is 2.42. The van der Waals surface area contributed by atoms with Crippen LogP contribution >= 0.6 is 0 Å². The van der Waals surface area contributed by atoms with E-state index in [2.05, 4.69) is 21.9 Å². The number of nitrogens with zero attached hydrogens (tertiary/aromatic N) is 1. The first-order valence-corrected chi connectivity index (χ1v) is 10.1. The molecular formula is C21H27N3O3. The topological polar surface area (TPSA) is 79.8 Å². The van der Waals surface area contributed by atoms with Crippen molar-refractivity contribution >= 4 is 17.5 Å². The average Bonchev–Trinajstić information content (AvgIpc) is 2.68. The van der Waals surface area contributed by atoms with Crippen LogP contribution in [-0.4, -0.2) is 23.1 Å². The first-order valence-electron chi connectivity index (χ1n) is 10.1. The van der Waals surface area contributed by atoms with Crippen molar-refractivity contribution in [2.45, 2.75) is 75.9 Å². The number of hydrazone groups is 1. The summed E-state index contributed by atoms with van der Waals surface area (Å²) in [5, 5.41) is 7.28. The van der Waals surface area contributed by atoms with Crippen LogP contribution in [0, 0.1) is 0 Å². The highest BCUT2D eigenvalue weighted by molar-refractivity contribution is 5.94. The van der Waals surface area contributed by atoms with Crippen molar-refractivity contribution in [1.29, 1.82) is 0 Å². The summed E-state index contributed by atoms with van der Waals surface area (Å²) < 4.78 is 6.43. The lowest BCUT2D eigenvalue weighted by atomic mass is 9.77. The summed E-state index contributed by atoms with van der Waals surface area (Å²) in [5.74, 6) is 0.886. The summed E-state index contributed by atoms with van der Waals surface area (Å²) in [6, 6.07) is 8.06. The van der Waals surface area contributed by atoms with Crippen LogP contribution in [0.2, 0.25) is 0 Å². The number of hydrogen-bond donors (Lipinski definition) is 2. The van der Waals surface area contributed by atoms with Crippen molar-refractivity contribution in [3.63, 3.8) is 0 Å². The number of carbonyl (C=O) groups is 2. The molecule has 3 aliphatic rings. The number of nitrogens with one attached hydrogen (secondary N) is 2. The van der Waals surface area contributed by atoms with Gasteiger partial charge in [-0.05, 0) is 44.6 Å². The van der Waals surface area contributed by atoms with E-state index in [0.29, 0.717) is 25.7 Å². The molecule has 0 saturated heterocycles. The summed E-state index contributed by atoms with van der Waals surface area (Å²) >= 11 is 0. The lowest BCUT2D eigenvalue weighted by molar-refractivity contribution is -0.122. The molecule has 2 N–H and O–H groups in total. The molecular weight excluding hydrogens is 342 g/mol. The van der Waals surface area contributed by atoms with Crippen molar-refractivity contribution in [2.24, 2.45) is 5.10 Å². The molecule has 1 spiro atoms. The molecule has 1 unspecified atom stereocenters. The molecule has 6 heteroatoms.